The Morgan fingerprint density at radius 3 is 3.18 bits per heavy atom. The molecule has 4 heteroatoms. The summed E-state index contributed by atoms with van der Waals surface area (Å²) in [5, 5.41) is 9.37. The summed E-state index contributed by atoms with van der Waals surface area (Å²) in [4.78, 5) is 10.6. The second-order valence-electron chi connectivity index (χ2n) is 2.10. The Labute approximate surface area is 62.5 Å². The maximum absolute atomic E-state index is 8.45. The van der Waals surface area contributed by atoms with E-state index >= 15 is 0 Å². The molecule has 0 aliphatic rings. The van der Waals surface area contributed by atoms with Crippen LogP contribution in [0.1, 0.15) is 5.82 Å². The van der Waals surface area contributed by atoms with Gasteiger partial charge in [0.2, 0.25) is 5.82 Å². The van der Waals surface area contributed by atoms with Gasteiger partial charge in [-0.25, -0.2) is 9.97 Å². The molecule has 4 nitrogen and oxygen atoms in total. The zero-order chi connectivity index (χ0) is 7.68. The van der Waals surface area contributed by atoms with Crippen LogP contribution in [0.2, 0.25) is 0 Å². The molecule has 1 N–H and O–H groups in total. The van der Waals surface area contributed by atoms with E-state index in [0.29, 0.717) is 0 Å². The van der Waals surface area contributed by atoms with Crippen molar-refractivity contribution in [2.24, 2.45) is 0 Å². The topological polar surface area (TPSA) is 65.4 Å². The fourth-order valence-electron chi connectivity index (χ4n) is 0.895. The molecule has 2 rings (SSSR count). The Kier molecular flexibility index (Phi) is 1.10. The molecule has 52 valence electrons. The van der Waals surface area contributed by atoms with Crippen molar-refractivity contribution >= 4 is 10.9 Å². The summed E-state index contributed by atoms with van der Waals surface area (Å²) in [6, 6.07) is 1.87. The lowest BCUT2D eigenvalue weighted by Crippen LogP contribution is -1.85. The first-order valence-corrected chi connectivity index (χ1v) is 3.10. The maximum Gasteiger partial charge on any atom is 0.232 e. The van der Waals surface area contributed by atoms with Gasteiger partial charge in [-0.1, -0.05) is 0 Å². The molecule has 11 heavy (non-hydrogen) atoms. The minimum Gasteiger partial charge on any atom is -0.365 e. The average Bonchev–Trinajstić information content (AvgIpc) is 2.50. The van der Waals surface area contributed by atoms with Gasteiger partial charge in [-0.3, -0.25) is 0 Å². The number of H-pyrrole nitrogens is 1. The molecule has 0 atom stereocenters. The summed E-state index contributed by atoms with van der Waals surface area (Å²) >= 11 is 0. The van der Waals surface area contributed by atoms with E-state index in [2.05, 4.69) is 15.0 Å². The molecule has 0 radical (unpaired) electrons. The van der Waals surface area contributed by atoms with Gasteiger partial charge >= 0.3 is 0 Å². The lowest BCUT2D eigenvalue weighted by Gasteiger charge is -1.86. The normalized spacial score (nSPS) is 9.73. The lowest BCUT2D eigenvalue weighted by atomic mass is 10.4. The molecule has 0 bridgehead atoms. The van der Waals surface area contributed by atoms with Crippen molar-refractivity contribution in [2.75, 3.05) is 0 Å². The van der Waals surface area contributed by atoms with Crippen LogP contribution in [0.3, 0.4) is 0 Å². The van der Waals surface area contributed by atoms with Gasteiger partial charge in [0.25, 0.3) is 0 Å². The Bertz CT molecular complexity index is 423. The van der Waals surface area contributed by atoms with E-state index in [4.69, 9.17) is 5.26 Å². The van der Waals surface area contributed by atoms with E-state index in [1.165, 1.54) is 0 Å². The van der Waals surface area contributed by atoms with Crippen LogP contribution in [-0.2, 0) is 0 Å². The molecular weight excluding hydrogens is 140 g/mol. The first-order chi connectivity index (χ1) is 5.40. The first-order valence-electron chi connectivity index (χ1n) is 3.10. The summed E-state index contributed by atoms with van der Waals surface area (Å²) in [6.45, 7) is 0. The first kappa shape index (κ1) is 5.86. The highest BCUT2D eigenvalue weighted by atomic mass is 14.9. The number of aromatic nitrogens is 3. The van der Waals surface area contributed by atoms with Gasteiger partial charge < -0.3 is 4.98 Å². The van der Waals surface area contributed by atoms with E-state index in [1.54, 1.807) is 18.6 Å². The molecule has 2 aromatic rings. The minimum absolute atomic E-state index is 0.206. The highest BCUT2D eigenvalue weighted by molar-refractivity contribution is 5.76. The van der Waals surface area contributed by atoms with Gasteiger partial charge in [-0.05, 0) is 0 Å². The van der Waals surface area contributed by atoms with Crippen LogP contribution in [0.4, 0.5) is 0 Å². The van der Waals surface area contributed by atoms with E-state index in [1.807, 2.05) is 6.07 Å². The second-order valence-corrected chi connectivity index (χ2v) is 2.10. The summed E-state index contributed by atoms with van der Waals surface area (Å²) < 4.78 is 0. The molecule has 0 spiro atoms. The lowest BCUT2D eigenvalue weighted by molar-refractivity contribution is 1.16. The molecule has 2 heterocycles. The zero-order valence-corrected chi connectivity index (χ0v) is 5.57. The van der Waals surface area contributed by atoms with E-state index in [-0.39, 0.29) is 5.82 Å². The third-order valence-corrected chi connectivity index (χ3v) is 1.41. The molecule has 2 aromatic heterocycles. The molecule has 0 aliphatic carbocycles. The molecule has 0 aromatic carbocycles. The number of nitriles is 1. The smallest absolute Gasteiger partial charge is 0.232 e. The van der Waals surface area contributed by atoms with Crippen molar-refractivity contribution in [3.05, 3.63) is 24.4 Å². The molecule has 0 fully saturated rings. The number of nitrogens with zero attached hydrogens (tertiary/aromatic N) is 3. The molecule has 0 saturated carbocycles. The summed E-state index contributed by atoms with van der Waals surface area (Å²) in [6.07, 6.45) is 5.14. The summed E-state index contributed by atoms with van der Waals surface area (Å²) in [5.74, 6) is 0.206. The third-order valence-electron chi connectivity index (χ3n) is 1.41. The summed E-state index contributed by atoms with van der Waals surface area (Å²) in [7, 11) is 0. The number of hydrogen-bond acceptors (Lipinski definition) is 3. The molecular formula is C7H4N4. The highest BCUT2D eigenvalue weighted by Gasteiger charge is 1.97. The summed E-state index contributed by atoms with van der Waals surface area (Å²) in [5.41, 5.74) is 0.775. The Morgan fingerprint density at radius 2 is 2.36 bits per heavy atom. The predicted octanol–water partition coefficient (Wildman–Crippen LogP) is 0.830. The van der Waals surface area contributed by atoms with Crippen LogP contribution < -0.4 is 0 Å². The fraction of sp³-hybridized carbons (Fsp3) is 0. The van der Waals surface area contributed by atoms with Crippen LogP contribution in [0.5, 0.6) is 0 Å². The van der Waals surface area contributed by atoms with Crippen molar-refractivity contribution in [1.29, 1.82) is 5.26 Å². The largest absolute Gasteiger partial charge is 0.365 e. The van der Waals surface area contributed by atoms with Crippen LogP contribution in [0, 0.1) is 11.3 Å². The van der Waals surface area contributed by atoms with Gasteiger partial charge in [-0.15, -0.1) is 0 Å². The zero-order valence-electron chi connectivity index (χ0n) is 5.57. The van der Waals surface area contributed by atoms with Crippen molar-refractivity contribution in [1.82, 2.24) is 15.0 Å². The van der Waals surface area contributed by atoms with Gasteiger partial charge in [0.1, 0.15) is 6.07 Å². The monoisotopic (exact) mass is 144 g/mol. The van der Waals surface area contributed by atoms with Gasteiger partial charge in [0.15, 0.2) is 0 Å². The van der Waals surface area contributed by atoms with Gasteiger partial charge in [0, 0.05) is 24.0 Å². The molecule has 0 unspecified atom stereocenters. The van der Waals surface area contributed by atoms with Crippen LogP contribution >= 0.6 is 0 Å². The van der Waals surface area contributed by atoms with Crippen molar-refractivity contribution in [2.45, 2.75) is 0 Å². The highest BCUT2D eigenvalue weighted by Crippen LogP contribution is 2.07. The number of aromatic amines is 1. The number of hydrogen-bond donors (Lipinski definition) is 1. The van der Waals surface area contributed by atoms with E-state index < -0.39 is 0 Å². The Morgan fingerprint density at radius 1 is 1.45 bits per heavy atom. The number of nitrogens with one attached hydrogen (secondary N) is 1. The fourth-order valence-corrected chi connectivity index (χ4v) is 0.895. The molecule has 0 saturated heterocycles. The van der Waals surface area contributed by atoms with Crippen LogP contribution in [0.15, 0.2) is 18.6 Å². The molecule has 0 amide bonds. The predicted molar refractivity (Wildman–Crippen MR) is 38.6 cm³/mol. The van der Waals surface area contributed by atoms with E-state index in [9.17, 15) is 0 Å². The Hall–Kier alpha value is -1.89. The van der Waals surface area contributed by atoms with Crippen LogP contribution in [0.25, 0.3) is 10.9 Å². The van der Waals surface area contributed by atoms with Crippen LogP contribution in [-0.4, -0.2) is 15.0 Å². The standard InChI is InChI=1S/C7H4N4/c8-1-7-10-3-5-2-9-4-6(5)11-7/h2-4,9H. The Balaban J connectivity index is 2.79. The SMILES string of the molecule is N#Cc1ncc2c[nH]cc2n1. The second kappa shape index (κ2) is 2.06. The quantitative estimate of drug-likeness (QED) is 0.595. The number of rotatable bonds is 0. The van der Waals surface area contributed by atoms with Crippen molar-refractivity contribution in [3.8, 4) is 6.07 Å². The molecule has 0 aliphatic heterocycles. The third kappa shape index (κ3) is 0.829. The van der Waals surface area contributed by atoms with E-state index in [0.717, 1.165) is 10.9 Å². The van der Waals surface area contributed by atoms with Crippen molar-refractivity contribution in [3.63, 3.8) is 0 Å². The average molecular weight is 144 g/mol. The van der Waals surface area contributed by atoms with Gasteiger partial charge in [0.05, 0.1) is 5.52 Å². The minimum atomic E-state index is 0.206. The number of fused-ring (bicyclic) bond motifs is 1. The van der Waals surface area contributed by atoms with Gasteiger partial charge in [-0.2, -0.15) is 5.26 Å². The maximum atomic E-state index is 8.45. The van der Waals surface area contributed by atoms with Crippen molar-refractivity contribution < 1.29 is 0 Å².